The molecule has 0 saturated heterocycles. The van der Waals surface area contributed by atoms with Crippen LogP contribution in [-0.2, 0) is 19.1 Å². The lowest BCUT2D eigenvalue weighted by molar-refractivity contribution is -0.165. The molecular formula is C24H32O5. The summed E-state index contributed by atoms with van der Waals surface area (Å²) in [5, 5.41) is 11.5. The molecule has 0 aliphatic heterocycles. The van der Waals surface area contributed by atoms with E-state index < -0.39 is 22.8 Å². The van der Waals surface area contributed by atoms with Crippen molar-refractivity contribution in [1.29, 1.82) is 0 Å². The van der Waals surface area contributed by atoms with Crippen molar-refractivity contribution in [2.45, 2.75) is 71.3 Å². The van der Waals surface area contributed by atoms with Gasteiger partial charge < -0.3 is 9.84 Å². The lowest BCUT2D eigenvalue weighted by Crippen LogP contribution is -2.58. The number of ether oxygens (including phenoxy) is 1. The first-order valence-corrected chi connectivity index (χ1v) is 10.8. The smallest absolute Gasteiger partial charge is 0.303 e. The Labute approximate surface area is 172 Å². The molecule has 5 heteroatoms. The van der Waals surface area contributed by atoms with Crippen LogP contribution < -0.4 is 0 Å². The van der Waals surface area contributed by atoms with E-state index in [9.17, 15) is 19.5 Å². The van der Waals surface area contributed by atoms with Crippen LogP contribution in [0.2, 0.25) is 0 Å². The van der Waals surface area contributed by atoms with E-state index in [2.05, 4.69) is 13.5 Å². The van der Waals surface area contributed by atoms with E-state index in [-0.39, 0.29) is 23.7 Å². The molecule has 0 spiro atoms. The molecule has 4 aliphatic rings. The normalized spacial score (nSPS) is 43.7. The average molecular weight is 401 g/mol. The number of fused-ring (bicyclic) bond motifs is 5. The SMILES string of the molecule is C=C1C[C@@]2(C)[C@@H](CC[C@]2(O)C(=O)COC(C)=O)[C@@H]2CCC3=CC(=O)CC[C@]3(C)[C@@H]12. The summed E-state index contributed by atoms with van der Waals surface area (Å²) >= 11 is 0. The first kappa shape index (κ1) is 20.5. The molecule has 0 radical (unpaired) electrons. The Hall–Kier alpha value is -1.75. The minimum Gasteiger partial charge on any atom is -0.458 e. The third kappa shape index (κ3) is 2.80. The fourth-order valence-corrected chi connectivity index (χ4v) is 7.40. The number of hydrogen-bond acceptors (Lipinski definition) is 5. The Morgan fingerprint density at radius 2 is 1.97 bits per heavy atom. The van der Waals surface area contributed by atoms with Crippen molar-refractivity contribution in [1.82, 2.24) is 0 Å². The number of aliphatic hydroxyl groups is 1. The standard InChI is InChI=1S/C24H32O5/c1-14-12-23(4)19(8-10-24(23,28)20(27)13-29-15(2)25)18-6-5-16-11-17(26)7-9-22(16,3)21(14)18/h11,18-19,21,28H,1,5-10,12-13H2,2-4H3/t18-,19-,21-,22-,23-,24-/m0/s1. The fraction of sp³-hybridized carbons (Fsp3) is 0.708. The maximum absolute atomic E-state index is 12.9. The highest BCUT2D eigenvalue weighted by molar-refractivity contribution is 5.92. The first-order valence-electron chi connectivity index (χ1n) is 10.8. The maximum atomic E-state index is 12.9. The van der Waals surface area contributed by atoms with E-state index in [0.717, 1.165) is 31.3 Å². The van der Waals surface area contributed by atoms with Crippen LogP contribution in [-0.4, -0.2) is 34.9 Å². The second-order valence-electron chi connectivity index (χ2n) is 10.2. The van der Waals surface area contributed by atoms with Gasteiger partial charge in [0, 0.05) is 18.8 Å². The quantitative estimate of drug-likeness (QED) is 0.579. The summed E-state index contributed by atoms with van der Waals surface area (Å²) in [6.45, 7) is 9.64. The number of esters is 1. The van der Waals surface area contributed by atoms with Gasteiger partial charge in [-0.3, -0.25) is 14.4 Å². The molecule has 3 saturated carbocycles. The van der Waals surface area contributed by atoms with Gasteiger partial charge in [-0.2, -0.15) is 0 Å². The van der Waals surface area contributed by atoms with Crippen LogP contribution in [0.5, 0.6) is 0 Å². The van der Waals surface area contributed by atoms with Crippen molar-refractivity contribution in [3.8, 4) is 0 Å². The fourth-order valence-electron chi connectivity index (χ4n) is 7.40. The highest BCUT2D eigenvalue weighted by Crippen LogP contribution is 2.68. The van der Waals surface area contributed by atoms with Crippen LogP contribution in [0.25, 0.3) is 0 Å². The molecule has 29 heavy (non-hydrogen) atoms. The van der Waals surface area contributed by atoms with Gasteiger partial charge in [0.2, 0.25) is 5.78 Å². The molecule has 0 heterocycles. The minimum atomic E-state index is -1.49. The molecule has 0 aromatic rings. The van der Waals surface area contributed by atoms with Crippen LogP contribution in [0.4, 0.5) is 0 Å². The maximum Gasteiger partial charge on any atom is 0.303 e. The van der Waals surface area contributed by atoms with Crippen molar-refractivity contribution in [2.75, 3.05) is 6.61 Å². The lowest BCUT2D eigenvalue weighted by Gasteiger charge is -2.59. The first-order chi connectivity index (χ1) is 13.5. The van der Waals surface area contributed by atoms with Crippen molar-refractivity contribution in [3.05, 3.63) is 23.8 Å². The Morgan fingerprint density at radius 3 is 2.66 bits per heavy atom. The third-order valence-electron chi connectivity index (χ3n) is 8.82. The highest BCUT2D eigenvalue weighted by atomic mass is 16.5. The Kier molecular flexibility index (Phi) is 4.69. The van der Waals surface area contributed by atoms with Gasteiger partial charge in [-0.25, -0.2) is 0 Å². The molecule has 0 unspecified atom stereocenters. The molecule has 0 bridgehead atoms. The van der Waals surface area contributed by atoms with Gasteiger partial charge in [0.15, 0.2) is 12.4 Å². The van der Waals surface area contributed by atoms with Crippen LogP contribution in [0.15, 0.2) is 23.8 Å². The minimum absolute atomic E-state index is 0.0440. The zero-order valence-electron chi connectivity index (χ0n) is 17.8. The van der Waals surface area contributed by atoms with Crippen LogP contribution in [0.1, 0.15) is 65.7 Å². The molecule has 4 aliphatic carbocycles. The van der Waals surface area contributed by atoms with E-state index in [0.29, 0.717) is 31.1 Å². The van der Waals surface area contributed by atoms with E-state index in [1.54, 1.807) is 0 Å². The van der Waals surface area contributed by atoms with Gasteiger partial charge in [-0.05, 0) is 67.8 Å². The van der Waals surface area contributed by atoms with Crippen molar-refractivity contribution >= 4 is 17.5 Å². The molecule has 0 aromatic heterocycles. The number of ketones is 2. The van der Waals surface area contributed by atoms with E-state index in [1.807, 2.05) is 13.0 Å². The monoisotopic (exact) mass is 400 g/mol. The summed E-state index contributed by atoms with van der Waals surface area (Å²) in [7, 11) is 0. The van der Waals surface area contributed by atoms with Gasteiger partial charge in [0.25, 0.3) is 0 Å². The van der Waals surface area contributed by atoms with E-state index >= 15 is 0 Å². The zero-order valence-corrected chi connectivity index (χ0v) is 17.8. The van der Waals surface area contributed by atoms with Gasteiger partial charge >= 0.3 is 5.97 Å². The third-order valence-corrected chi connectivity index (χ3v) is 8.82. The number of hydrogen-bond donors (Lipinski definition) is 1. The summed E-state index contributed by atoms with van der Waals surface area (Å²) < 4.78 is 4.93. The van der Waals surface area contributed by atoms with Gasteiger partial charge in [-0.1, -0.05) is 31.6 Å². The van der Waals surface area contributed by atoms with Crippen molar-refractivity contribution < 1.29 is 24.2 Å². The second-order valence-corrected chi connectivity index (χ2v) is 10.2. The number of rotatable bonds is 3. The van der Waals surface area contributed by atoms with Crippen molar-refractivity contribution in [2.24, 2.45) is 28.6 Å². The number of carbonyl (C=O) groups is 3. The lowest BCUT2D eigenvalue weighted by atomic mass is 9.45. The predicted molar refractivity (Wildman–Crippen MR) is 108 cm³/mol. The predicted octanol–water partition coefficient (Wildman–Crippen LogP) is 3.55. The largest absolute Gasteiger partial charge is 0.458 e. The molecule has 5 nitrogen and oxygen atoms in total. The van der Waals surface area contributed by atoms with Gasteiger partial charge in [0.05, 0.1) is 0 Å². The summed E-state index contributed by atoms with van der Waals surface area (Å²) in [5.41, 5.74) is 0.235. The molecular weight excluding hydrogens is 368 g/mol. The summed E-state index contributed by atoms with van der Waals surface area (Å²) in [5.74, 6) is 0.191. The van der Waals surface area contributed by atoms with Crippen LogP contribution >= 0.6 is 0 Å². The molecule has 4 rings (SSSR count). The summed E-state index contributed by atoms with van der Waals surface area (Å²) in [4.78, 5) is 36.1. The van der Waals surface area contributed by atoms with Crippen LogP contribution in [0.3, 0.4) is 0 Å². The van der Waals surface area contributed by atoms with Crippen LogP contribution in [0, 0.1) is 28.6 Å². The molecule has 158 valence electrons. The Balaban J connectivity index is 1.66. The number of carbonyl (C=O) groups excluding carboxylic acids is 3. The summed E-state index contributed by atoms with van der Waals surface area (Å²) in [6, 6.07) is 0. The Morgan fingerprint density at radius 1 is 1.24 bits per heavy atom. The van der Waals surface area contributed by atoms with E-state index in [4.69, 9.17) is 4.74 Å². The van der Waals surface area contributed by atoms with Gasteiger partial charge in [-0.15, -0.1) is 0 Å². The average Bonchev–Trinajstić information content (AvgIpc) is 2.91. The second kappa shape index (κ2) is 6.63. The highest BCUT2D eigenvalue weighted by Gasteiger charge is 2.67. The molecule has 6 atom stereocenters. The topological polar surface area (TPSA) is 80.7 Å². The van der Waals surface area contributed by atoms with Crippen molar-refractivity contribution in [3.63, 3.8) is 0 Å². The van der Waals surface area contributed by atoms with Gasteiger partial charge in [0.1, 0.15) is 5.60 Å². The number of Topliss-reactive ketones (excluding diaryl/α,β-unsaturated/α-hetero) is 1. The Bertz CT molecular complexity index is 825. The zero-order chi connectivity index (χ0) is 21.2. The molecule has 0 aromatic carbocycles. The molecule has 3 fully saturated rings. The number of allylic oxidation sites excluding steroid dienone is 2. The summed E-state index contributed by atoms with van der Waals surface area (Å²) in [6.07, 6.45) is 6.98. The molecule has 0 amide bonds. The molecule has 1 N–H and O–H groups in total. The van der Waals surface area contributed by atoms with E-state index in [1.165, 1.54) is 12.5 Å².